The zero-order valence-electron chi connectivity index (χ0n) is 13.8. The number of urea groups is 1. The summed E-state index contributed by atoms with van der Waals surface area (Å²) in [6.45, 7) is 1.95. The third-order valence-corrected chi connectivity index (χ3v) is 4.99. The minimum atomic E-state index is -0.224. The Bertz CT molecular complexity index is 918. The van der Waals surface area contributed by atoms with E-state index in [0.717, 1.165) is 23.5 Å². The Balaban J connectivity index is 1.54. The maximum atomic E-state index is 12.1. The van der Waals surface area contributed by atoms with Gasteiger partial charge in [0.05, 0.1) is 11.2 Å². The summed E-state index contributed by atoms with van der Waals surface area (Å²) >= 11 is 1.57. The molecule has 1 fully saturated rings. The van der Waals surface area contributed by atoms with Crippen LogP contribution in [-0.2, 0) is 0 Å². The summed E-state index contributed by atoms with van der Waals surface area (Å²) < 4.78 is 0. The minimum Gasteiger partial charge on any atom is -0.335 e. The Morgan fingerprint density at radius 3 is 2.76 bits per heavy atom. The Morgan fingerprint density at radius 1 is 1.16 bits per heavy atom. The molecule has 4 rings (SSSR count). The maximum absolute atomic E-state index is 12.1. The molecule has 2 amide bonds. The van der Waals surface area contributed by atoms with E-state index in [4.69, 9.17) is 0 Å². The first-order valence-corrected chi connectivity index (χ1v) is 9.19. The molecule has 1 saturated carbocycles. The van der Waals surface area contributed by atoms with Crippen LogP contribution in [0, 0.1) is 6.92 Å². The molecule has 0 spiro atoms. The molecule has 3 aromatic heterocycles. The third-order valence-electron chi connectivity index (χ3n) is 4.22. The lowest BCUT2D eigenvalue weighted by molar-refractivity contribution is 0.248. The second-order valence-corrected chi connectivity index (χ2v) is 7.19. The highest BCUT2D eigenvalue weighted by Gasteiger charge is 2.17. The molecule has 0 aliphatic heterocycles. The lowest BCUT2D eigenvalue weighted by Crippen LogP contribution is -2.36. The van der Waals surface area contributed by atoms with Gasteiger partial charge in [-0.3, -0.25) is 10.3 Å². The van der Waals surface area contributed by atoms with Crippen LogP contribution in [0.25, 0.3) is 22.6 Å². The molecule has 8 heteroatoms. The summed E-state index contributed by atoms with van der Waals surface area (Å²) in [5, 5.41) is 8.69. The first kappa shape index (κ1) is 15.9. The molecule has 0 saturated heterocycles. The van der Waals surface area contributed by atoms with E-state index in [9.17, 15) is 4.79 Å². The van der Waals surface area contributed by atoms with Gasteiger partial charge in [0.2, 0.25) is 0 Å². The van der Waals surface area contributed by atoms with Gasteiger partial charge >= 0.3 is 6.03 Å². The number of thiazole rings is 1. The van der Waals surface area contributed by atoms with Gasteiger partial charge in [-0.25, -0.2) is 19.7 Å². The Labute approximate surface area is 148 Å². The second-order valence-electron chi connectivity index (χ2n) is 6.13. The van der Waals surface area contributed by atoms with E-state index >= 15 is 0 Å². The predicted molar refractivity (Wildman–Crippen MR) is 97.6 cm³/mol. The van der Waals surface area contributed by atoms with Gasteiger partial charge in [-0.15, -0.1) is 11.3 Å². The maximum Gasteiger partial charge on any atom is 0.320 e. The van der Waals surface area contributed by atoms with E-state index < -0.39 is 0 Å². The van der Waals surface area contributed by atoms with Crippen molar-refractivity contribution in [3.63, 3.8) is 0 Å². The van der Waals surface area contributed by atoms with E-state index in [2.05, 4.69) is 30.6 Å². The second kappa shape index (κ2) is 6.72. The molecule has 3 heterocycles. The smallest absolute Gasteiger partial charge is 0.320 e. The molecule has 0 atom stereocenters. The van der Waals surface area contributed by atoms with Crippen molar-refractivity contribution in [3.05, 3.63) is 28.7 Å². The van der Waals surface area contributed by atoms with Crippen molar-refractivity contribution in [1.82, 2.24) is 25.3 Å². The number of fused-ring (bicyclic) bond motifs is 1. The largest absolute Gasteiger partial charge is 0.335 e. The van der Waals surface area contributed by atoms with Crippen molar-refractivity contribution in [2.75, 3.05) is 5.32 Å². The number of anilines is 1. The highest BCUT2D eigenvalue weighted by molar-refractivity contribution is 7.09. The molecule has 1 aliphatic carbocycles. The number of hydrogen-bond acceptors (Lipinski definition) is 6. The molecule has 0 unspecified atom stereocenters. The fraction of sp³-hybridized carbons (Fsp3) is 0.353. The molecule has 3 aromatic rings. The number of amides is 2. The zero-order valence-corrected chi connectivity index (χ0v) is 14.6. The average molecular weight is 354 g/mol. The van der Waals surface area contributed by atoms with Gasteiger partial charge in [0.15, 0.2) is 5.65 Å². The fourth-order valence-electron chi connectivity index (χ4n) is 2.98. The quantitative estimate of drug-likeness (QED) is 0.751. The van der Waals surface area contributed by atoms with Crippen LogP contribution < -0.4 is 10.6 Å². The molecule has 7 nitrogen and oxygen atoms in total. The Hall–Kier alpha value is -2.61. The first-order valence-electron chi connectivity index (χ1n) is 8.31. The predicted octanol–water partition coefficient (Wildman–Crippen LogP) is 3.52. The van der Waals surface area contributed by atoms with Crippen molar-refractivity contribution >= 4 is 34.3 Å². The first-order chi connectivity index (χ1) is 12.2. The van der Waals surface area contributed by atoms with Crippen molar-refractivity contribution in [3.8, 4) is 11.4 Å². The summed E-state index contributed by atoms with van der Waals surface area (Å²) in [5.74, 6) is 0.462. The number of aromatic nitrogens is 4. The fourth-order valence-corrected chi connectivity index (χ4v) is 3.59. The molecular formula is C17H18N6OS. The summed E-state index contributed by atoms with van der Waals surface area (Å²) in [4.78, 5) is 29.8. The summed E-state index contributed by atoms with van der Waals surface area (Å²) in [6, 6.07) is 3.58. The molecule has 1 aliphatic rings. The van der Waals surface area contributed by atoms with Gasteiger partial charge in [0, 0.05) is 11.4 Å². The van der Waals surface area contributed by atoms with E-state index in [1.54, 1.807) is 29.7 Å². The monoisotopic (exact) mass is 354 g/mol. The molecule has 25 heavy (non-hydrogen) atoms. The molecule has 0 radical (unpaired) electrons. The highest BCUT2D eigenvalue weighted by atomic mass is 32.1. The molecule has 0 bridgehead atoms. The number of carbonyl (C=O) groups is 1. The van der Waals surface area contributed by atoms with E-state index in [-0.39, 0.29) is 12.1 Å². The highest BCUT2D eigenvalue weighted by Crippen LogP contribution is 2.21. The topological polar surface area (TPSA) is 92.7 Å². The summed E-state index contributed by atoms with van der Waals surface area (Å²) in [6.07, 6.45) is 6.13. The number of aryl methyl sites for hydroxylation is 1. The standard InChI is InChI=1S/C17H18N6OS/c1-10-19-14(9-25-10)13-8-18-12-6-7-15(22-16(12)21-13)23-17(24)20-11-4-2-3-5-11/h6-9,11H,2-5H2,1H3,(H2,20,21,22,23,24). The number of carbonyl (C=O) groups excluding carboxylic acids is 1. The molecule has 128 valence electrons. The molecule has 2 N–H and O–H groups in total. The van der Waals surface area contributed by atoms with Crippen LogP contribution >= 0.6 is 11.3 Å². The Morgan fingerprint density at radius 2 is 2.00 bits per heavy atom. The van der Waals surface area contributed by atoms with E-state index in [0.29, 0.717) is 22.7 Å². The van der Waals surface area contributed by atoms with Crippen LogP contribution in [0.15, 0.2) is 23.7 Å². The minimum absolute atomic E-state index is 0.224. The van der Waals surface area contributed by atoms with Crippen LogP contribution in [0.4, 0.5) is 10.6 Å². The van der Waals surface area contributed by atoms with Crippen LogP contribution in [0.3, 0.4) is 0 Å². The lowest BCUT2D eigenvalue weighted by Gasteiger charge is -2.12. The zero-order chi connectivity index (χ0) is 17.2. The van der Waals surface area contributed by atoms with Crippen LogP contribution in [-0.4, -0.2) is 32.0 Å². The van der Waals surface area contributed by atoms with Crippen molar-refractivity contribution in [2.24, 2.45) is 0 Å². The van der Waals surface area contributed by atoms with Crippen LogP contribution in [0.5, 0.6) is 0 Å². The molecular weight excluding hydrogens is 336 g/mol. The third kappa shape index (κ3) is 3.58. The SMILES string of the molecule is Cc1nc(-c2cnc3ccc(NC(=O)NC4CCCC4)nc3n2)cs1. The van der Waals surface area contributed by atoms with Gasteiger partial charge in [0.25, 0.3) is 0 Å². The lowest BCUT2D eigenvalue weighted by atomic mass is 10.2. The van der Waals surface area contributed by atoms with Crippen molar-refractivity contribution in [2.45, 2.75) is 38.6 Å². The number of rotatable bonds is 3. The molecule has 0 aromatic carbocycles. The van der Waals surface area contributed by atoms with Gasteiger partial charge in [-0.05, 0) is 31.9 Å². The van der Waals surface area contributed by atoms with E-state index in [1.807, 2.05) is 12.3 Å². The number of hydrogen-bond donors (Lipinski definition) is 2. The van der Waals surface area contributed by atoms with Crippen LogP contribution in [0.2, 0.25) is 0 Å². The number of nitrogens with one attached hydrogen (secondary N) is 2. The Kier molecular flexibility index (Phi) is 4.27. The van der Waals surface area contributed by atoms with Gasteiger partial charge in [0.1, 0.15) is 22.7 Å². The van der Waals surface area contributed by atoms with Crippen LogP contribution in [0.1, 0.15) is 30.7 Å². The van der Waals surface area contributed by atoms with Gasteiger partial charge < -0.3 is 5.32 Å². The van der Waals surface area contributed by atoms with E-state index in [1.165, 1.54) is 12.8 Å². The summed E-state index contributed by atoms with van der Waals surface area (Å²) in [7, 11) is 0. The normalized spacial score (nSPS) is 14.8. The number of nitrogens with zero attached hydrogens (tertiary/aromatic N) is 4. The van der Waals surface area contributed by atoms with Crippen molar-refractivity contribution < 1.29 is 4.79 Å². The van der Waals surface area contributed by atoms with Gasteiger partial charge in [-0.1, -0.05) is 12.8 Å². The summed E-state index contributed by atoms with van der Waals surface area (Å²) in [5.41, 5.74) is 2.63. The number of pyridine rings is 1. The van der Waals surface area contributed by atoms with Gasteiger partial charge in [-0.2, -0.15) is 0 Å². The average Bonchev–Trinajstić information content (AvgIpc) is 3.26. The van der Waals surface area contributed by atoms with Crippen molar-refractivity contribution in [1.29, 1.82) is 0 Å².